The van der Waals surface area contributed by atoms with Gasteiger partial charge in [-0.3, -0.25) is 5.32 Å². The number of nitrogens with one attached hydrogen (secondary N) is 1. The monoisotopic (exact) mass is 275 g/mol. The minimum Gasteiger partial charge on any atom is -0.300 e. The van der Waals surface area contributed by atoms with E-state index in [4.69, 9.17) is 0 Å². The minimum absolute atomic E-state index is 0.224. The first-order valence-electron chi connectivity index (χ1n) is 8.54. The van der Waals surface area contributed by atoms with Crippen molar-refractivity contribution in [3.8, 4) is 6.07 Å². The molecule has 20 heavy (non-hydrogen) atoms. The zero-order valence-electron chi connectivity index (χ0n) is 13.1. The molecule has 112 valence electrons. The van der Waals surface area contributed by atoms with Gasteiger partial charge in [-0.1, -0.05) is 19.8 Å². The zero-order valence-corrected chi connectivity index (χ0v) is 13.1. The van der Waals surface area contributed by atoms with Crippen LogP contribution in [0.25, 0.3) is 0 Å². The first-order chi connectivity index (χ1) is 9.63. The molecule has 4 atom stereocenters. The molecule has 0 radical (unpaired) electrons. The predicted octanol–water partition coefficient (Wildman–Crippen LogP) is 3.06. The van der Waals surface area contributed by atoms with Crippen LogP contribution in [0.3, 0.4) is 0 Å². The van der Waals surface area contributed by atoms with Crippen molar-refractivity contribution in [3.05, 3.63) is 0 Å². The molecule has 3 heteroatoms. The fourth-order valence-corrected chi connectivity index (χ4v) is 4.42. The van der Waals surface area contributed by atoms with Crippen molar-refractivity contribution in [1.29, 1.82) is 5.26 Å². The van der Waals surface area contributed by atoms with Gasteiger partial charge in [0.2, 0.25) is 0 Å². The molecule has 1 N–H and O–H groups in total. The molecule has 3 fully saturated rings. The number of nitrogens with zero attached hydrogens (tertiary/aromatic N) is 2. The first kappa shape index (κ1) is 14.4. The van der Waals surface area contributed by atoms with Crippen molar-refractivity contribution in [2.24, 2.45) is 5.92 Å². The van der Waals surface area contributed by atoms with Crippen LogP contribution >= 0.6 is 0 Å². The number of nitriles is 1. The van der Waals surface area contributed by atoms with E-state index in [0.717, 1.165) is 24.8 Å². The first-order valence-corrected chi connectivity index (χ1v) is 8.54. The van der Waals surface area contributed by atoms with E-state index in [9.17, 15) is 5.26 Å². The summed E-state index contributed by atoms with van der Waals surface area (Å²) in [5.74, 6) is 0.822. The molecule has 0 amide bonds. The van der Waals surface area contributed by atoms with Gasteiger partial charge in [0, 0.05) is 18.1 Å². The highest BCUT2D eigenvalue weighted by atomic mass is 15.2. The largest absolute Gasteiger partial charge is 0.300 e. The second-order valence-electron chi connectivity index (χ2n) is 7.50. The lowest BCUT2D eigenvalue weighted by molar-refractivity contribution is 0.0959. The summed E-state index contributed by atoms with van der Waals surface area (Å²) in [5.41, 5.74) is -0.224. The molecule has 0 bridgehead atoms. The summed E-state index contributed by atoms with van der Waals surface area (Å²) >= 11 is 0. The summed E-state index contributed by atoms with van der Waals surface area (Å²) in [6, 6.07) is 4.58. The highest BCUT2D eigenvalue weighted by molar-refractivity contribution is 5.15. The molecule has 0 aliphatic heterocycles. The van der Waals surface area contributed by atoms with Gasteiger partial charge >= 0.3 is 0 Å². The minimum atomic E-state index is -0.224. The lowest BCUT2D eigenvalue weighted by atomic mass is 9.84. The lowest BCUT2D eigenvalue weighted by Gasteiger charge is -2.40. The number of hydrogen-bond acceptors (Lipinski definition) is 3. The average molecular weight is 275 g/mol. The van der Waals surface area contributed by atoms with Crippen LogP contribution in [0, 0.1) is 17.2 Å². The third-order valence-corrected chi connectivity index (χ3v) is 5.93. The van der Waals surface area contributed by atoms with Gasteiger partial charge in [-0.05, 0) is 57.9 Å². The van der Waals surface area contributed by atoms with Crippen molar-refractivity contribution in [2.45, 2.75) is 88.4 Å². The van der Waals surface area contributed by atoms with Crippen molar-refractivity contribution in [2.75, 3.05) is 7.05 Å². The number of hydrogen-bond donors (Lipinski definition) is 1. The molecule has 0 aromatic carbocycles. The zero-order chi connectivity index (χ0) is 14.2. The SMILES string of the molecule is CC1CCCCC1N(C)C1CCC(C#N)(NC2CC2)C1. The molecule has 3 nitrogen and oxygen atoms in total. The standard InChI is InChI=1S/C17H29N3/c1-13-5-3-4-6-16(13)20(2)15-9-10-17(11-15,12-18)19-14-7-8-14/h13-16,19H,3-11H2,1-2H3. The third kappa shape index (κ3) is 2.87. The topological polar surface area (TPSA) is 39.1 Å². The van der Waals surface area contributed by atoms with Gasteiger partial charge < -0.3 is 4.90 Å². The molecular formula is C17H29N3. The van der Waals surface area contributed by atoms with E-state index in [1.54, 1.807) is 0 Å². The fourth-order valence-electron chi connectivity index (χ4n) is 4.42. The molecule has 3 aliphatic carbocycles. The Morgan fingerprint density at radius 2 is 1.90 bits per heavy atom. The van der Waals surface area contributed by atoms with Crippen LogP contribution in [-0.4, -0.2) is 35.6 Å². The van der Waals surface area contributed by atoms with Crippen LogP contribution in [0.4, 0.5) is 0 Å². The molecule has 4 unspecified atom stereocenters. The van der Waals surface area contributed by atoms with Crippen LogP contribution in [0.15, 0.2) is 0 Å². The van der Waals surface area contributed by atoms with E-state index in [-0.39, 0.29) is 5.54 Å². The van der Waals surface area contributed by atoms with Gasteiger partial charge in [-0.25, -0.2) is 0 Å². The smallest absolute Gasteiger partial charge is 0.108 e. The molecule has 3 saturated carbocycles. The Morgan fingerprint density at radius 3 is 2.55 bits per heavy atom. The maximum atomic E-state index is 9.62. The van der Waals surface area contributed by atoms with Gasteiger partial charge in [0.05, 0.1) is 6.07 Å². The van der Waals surface area contributed by atoms with Gasteiger partial charge in [0.25, 0.3) is 0 Å². The Hall–Kier alpha value is -0.590. The highest BCUT2D eigenvalue weighted by Crippen LogP contribution is 2.38. The summed E-state index contributed by atoms with van der Waals surface area (Å²) < 4.78 is 0. The Labute approximate surface area is 123 Å². The van der Waals surface area contributed by atoms with Gasteiger partial charge in [-0.2, -0.15) is 5.26 Å². The summed E-state index contributed by atoms with van der Waals surface area (Å²) in [6.45, 7) is 2.41. The Balaban J connectivity index is 1.61. The second-order valence-corrected chi connectivity index (χ2v) is 7.50. The van der Waals surface area contributed by atoms with E-state index >= 15 is 0 Å². The summed E-state index contributed by atoms with van der Waals surface area (Å²) in [6.07, 6.45) is 11.3. The average Bonchev–Trinajstić information content (AvgIpc) is 3.16. The predicted molar refractivity (Wildman–Crippen MR) is 81.3 cm³/mol. The van der Waals surface area contributed by atoms with Crippen LogP contribution in [-0.2, 0) is 0 Å². The van der Waals surface area contributed by atoms with Crippen molar-refractivity contribution >= 4 is 0 Å². The molecule has 0 spiro atoms. The molecule has 0 aromatic rings. The van der Waals surface area contributed by atoms with Crippen molar-refractivity contribution in [3.63, 3.8) is 0 Å². The van der Waals surface area contributed by atoms with E-state index in [2.05, 4.69) is 30.3 Å². The molecule has 3 aliphatic rings. The quantitative estimate of drug-likeness (QED) is 0.857. The molecule has 3 rings (SSSR count). The Kier molecular flexibility index (Phi) is 4.06. The van der Waals surface area contributed by atoms with Crippen LogP contribution < -0.4 is 5.32 Å². The van der Waals surface area contributed by atoms with E-state index in [1.165, 1.54) is 44.9 Å². The molecule has 0 aromatic heterocycles. The maximum absolute atomic E-state index is 9.62. The van der Waals surface area contributed by atoms with E-state index in [1.807, 2.05) is 0 Å². The Bertz CT molecular complexity index is 384. The fraction of sp³-hybridized carbons (Fsp3) is 0.941. The van der Waals surface area contributed by atoms with Gasteiger partial charge in [0.15, 0.2) is 0 Å². The van der Waals surface area contributed by atoms with Crippen LogP contribution in [0.2, 0.25) is 0 Å². The van der Waals surface area contributed by atoms with Crippen LogP contribution in [0.5, 0.6) is 0 Å². The van der Waals surface area contributed by atoms with E-state index < -0.39 is 0 Å². The van der Waals surface area contributed by atoms with Crippen LogP contribution in [0.1, 0.15) is 64.7 Å². The molecule has 0 heterocycles. The van der Waals surface area contributed by atoms with Gasteiger partial charge in [0.1, 0.15) is 5.54 Å². The van der Waals surface area contributed by atoms with Gasteiger partial charge in [-0.15, -0.1) is 0 Å². The lowest BCUT2D eigenvalue weighted by Crippen LogP contribution is -2.47. The maximum Gasteiger partial charge on any atom is 0.108 e. The molecule has 0 saturated heterocycles. The normalized spacial score (nSPS) is 41.8. The van der Waals surface area contributed by atoms with Crippen molar-refractivity contribution < 1.29 is 0 Å². The molecular weight excluding hydrogens is 246 g/mol. The second kappa shape index (κ2) is 5.66. The Morgan fingerprint density at radius 1 is 1.15 bits per heavy atom. The summed E-state index contributed by atoms with van der Waals surface area (Å²) in [4.78, 5) is 2.62. The summed E-state index contributed by atoms with van der Waals surface area (Å²) in [5, 5.41) is 13.3. The highest BCUT2D eigenvalue weighted by Gasteiger charge is 2.45. The number of rotatable bonds is 4. The third-order valence-electron chi connectivity index (χ3n) is 5.93. The van der Waals surface area contributed by atoms with Crippen molar-refractivity contribution in [1.82, 2.24) is 10.2 Å². The summed E-state index contributed by atoms with van der Waals surface area (Å²) in [7, 11) is 2.31. The van der Waals surface area contributed by atoms with E-state index in [0.29, 0.717) is 12.1 Å².